The van der Waals surface area contributed by atoms with E-state index >= 15 is 0 Å². The second-order valence-corrected chi connectivity index (χ2v) is 5.43. The van der Waals surface area contributed by atoms with E-state index in [9.17, 15) is 4.39 Å². The van der Waals surface area contributed by atoms with E-state index in [0.29, 0.717) is 6.61 Å². The van der Waals surface area contributed by atoms with Gasteiger partial charge in [0.25, 0.3) is 0 Å². The van der Waals surface area contributed by atoms with Crippen molar-refractivity contribution >= 4 is 27.7 Å². The van der Waals surface area contributed by atoms with Crippen LogP contribution < -0.4 is 4.74 Å². The molecule has 0 saturated carbocycles. The first-order chi connectivity index (χ1) is 8.69. The molecule has 4 heteroatoms. The second-order valence-electron chi connectivity index (χ2n) is 3.70. The lowest BCUT2D eigenvalue weighted by atomic mass is 10.2. The number of hydrogen-bond donors (Lipinski definition) is 0. The summed E-state index contributed by atoms with van der Waals surface area (Å²) >= 11 is 5.01. The third-order valence-electron chi connectivity index (χ3n) is 2.47. The summed E-state index contributed by atoms with van der Waals surface area (Å²) in [5.74, 6) is 0.555. The molecule has 18 heavy (non-hydrogen) atoms. The molecule has 0 atom stereocenters. The van der Waals surface area contributed by atoms with E-state index in [4.69, 9.17) is 4.74 Å². The molecule has 0 spiro atoms. The van der Waals surface area contributed by atoms with Gasteiger partial charge in [-0.3, -0.25) is 0 Å². The number of rotatable bonds is 4. The lowest BCUT2D eigenvalue weighted by molar-refractivity contribution is 0.305. The van der Waals surface area contributed by atoms with Crippen LogP contribution in [0.2, 0.25) is 0 Å². The summed E-state index contributed by atoms with van der Waals surface area (Å²) in [5.41, 5.74) is 0.922. The summed E-state index contributed by atoms with van der Waals surface area (Å²) in [6.45, 7) is 0.416. The molecule has 2 aromatic carbocycles. The topological polar surface area (TPSA) is 9.23 Å². The van der Waals surface area contributed by atoms with Crippen molar-refractivity contribution in [2.75, 3.05) is 6.26 Å². The van der Waals surface area contributed by atoms with E-state index in [1.807, 2.05) is 30.5 Å². The highest BCUT2D eigenvalue weighted by molar-refractivity contribution is 9.10. The fraction of sp³-hybridized carbons (Fsp3) is 0.143. The molecule has 0 unspecified atom stereocenters. The van der Waals surface area contributed by atoms with Gasteiger partial charge in [0.2, 0.25) is 0 Å². The average molecular weight is 327 g/mol. The predicted octanol–water partition coefficient (Wildman–Crippen LogP) is 4.89. The molecular weight excluding hydrogens is 315 g/mol. The lowest BCUT2D eigenvalue weighted by Crippen LogP contribution is -1.96. The van der Waals surface area contributed by atoms with Crippen LogP contribution in [0.1, 0.15) is 5.56 Å². The van der Waals surface area contributed by atoms with Crippen LogP contribution in [-0.4, -0.2) is 6.26 Å². The summed E-state index contributed by atoms with van der Waals surface area (Å²) in [7, 11) is 0. The Balaban J connectivity index is 2.02. The van der Waals surface area contributed by atoms with Crippen molar-refractivity contribution in [2.45, 2.75) is 11.5 Å². The summed E-state index contributed by atoms with van der Waals surface area (Å²) in [5, 5.41) is 0. The standard InChI is InChI=1S/C14H12BrFOS/c1-18-13-6-4-12(5-7-13)17-9-10-2-3-11(16)8-14(10)15/h2-8H,9H2,1H3. The van der Waals surface area contributed by atoms with Crippen LogP contribution in [-0.2, 0) is 6.61 Å². The van der Waals surface area contributed by atoms with Gasteiger partial charge in [0.05, 0.1) is 0 Å². The van der Waals surface area contributed by atoms with Crippen LogP contribution in [0, 0.1) is 5.82 Å². The van der Waals surface area contributed by atoms with Gasteiger partial charge in [-0.1, -0.05) is 22.0 Å². The van der Waals surface area contributed by atoms with E-state index in [-0.39, 0.29) is 5.82 Å². The Morgan fingerprint density at radius 2 is 1.89 bits per heavy atom. The maximum Gasteiger partial charge on any atom is 0.124 e. The minimum absolute atomic E-state index is 0.255. The van der Waals surface area contributed by atoms with Crippen molar-refractivity contribution in [1.29, 1.82) is 0 Å². The number of halogens is 2. The minimum atomic E-state index is -0.255. The highest BCUT2D eigenvalue weighted by Gasteiger charge is 2.02. The van der Waals surface area contributed by atoms with Crippen molar-refractivity contribution in [3.05, 3.63) is 58.3 Å². The fourth-order valence-corrected chi connectivity index (χ4v) is 2.35. The highest BCUT2D eigenvalue weighted by atomic mass is 79.9. The molecule has 2 aromatic rings. The molecule has 0 heterocycles. The molecule has 0 N–H and O–H groups in total. The summed E-state index contributed by atoms with van der Waals surface area (Å²) in [6.07, 6.45) is 2.03. The number of thioether (sulfide) groups is 1. The monoisotopic (exact) mass is 326 g/mol. The van der Waals surface area contributed by atoms with Crippen LogP contribution >= 0.6 is 27.7 Å². The highest BCUT2D eigenvalue weighted by Crippen LogP contribution is 2.22. The zero-order chi connectivity index (χ0) is 13.0. The Hall–Kier alpha value is -1.000. The third kappa shape index (κ3) is 3.50. The summed E-state index contributed by atoms with van der Waals surface area (Å²) in [6, 6.07) is 12.5. The molecule has 0 aromatic heterocycles. The molecule has 1 nitrogen and oxygen atoms in total. The van der Waals surface area contributed by atoms with Gasteiger partial charge in [-0.2, -0.15) is 0 Å². The Morgan fingerprint density at radius 3 is 2.50 bits per heavy atom. The van der Waals surface area contributed by atoms with Crippen molar-refractivity contribution in [2.24, 2.45) is 0 Å². The van der Waals surface area contributed by atoms with E-state index in [1.54, 1.807) is 17.8 Å². The normalized spacial score (nSPS) is 10.4. The first-order valence-electron chi connectivity index (χ1n) is 5.40. The Morgan fingerprint density at radius 1 is 1.17 bits per heavy atom. The van der Waals surface area contributed by atoms with Gasteiger partial charge >= 0.3 is 0 Å². The number of benzene rings is 2. The van der Waals surface area contributed by atoms with Crippen molar-refractivity contribution < 1.29 is 9.13 Å². The zero-order valence-corrected chi connectivity index (χ0v) is 12.2. The van der Waals surface area contributed by atoms with Crippen LogP contribution in [0.3, 0.4) is 0 Å². The largest absolute Gasteiger partial charge is 0.489 e. The molecule has 2 rings (SSSR count). The van der Waals surface area contributed by atoms with Gasteiger partial charge in [0.1, 0.15) is 18.2 Å². The van der Waals surface area contributed by atoms with Crippen LogP contribution in [0.4, 0.5) is 4.39 Å². The first kappa shape index (κ1) is 13.4. The SMILES string of the molecule is CSc1ccc(OCc2ccc(F)cc2Br)cc1. The van der Waals surface area contributed by atoms with E-state index in [0.717, 1.165) is 15.8 Å². The van der Waals surface area contributed by atoms with Gasteiger partial charge in [0.15, 0.2) is 0 Å². The van der Waals surface area contributed by atoms with E-state index in [1.165, 1.54) is 17.0 Å². The van der Waals surface area contributed by atoms with Crippen molar-refractivity contribution in [3.63, 3.8) is 0 Å². The number of hydrogen-bond acceptors (Lipinski definition) is 2. The first-order valence-corrected chi connectivity index (χ1v) is 7.41. The van der Waals surface area contributed by atoms with Gasteiger partial charge in [0, 0.05) is 14.9 Å². The average Bonchev–Trinajstić information content (AvgIpc) is 2.38. The smallest absolute Gasteiger partial charge is 0.124 e. The molecule has 0 amide bonds. The quantitative estimate of drug-likeness (QED) is 0.740. The molecular formula is C14H12BrFOS. The lowest BCUT2D eigenvalue weighted by Gasteiger charge is -2.08. The van der Waals surface area contributed by atoms with E-state index < -0.39 is 0 Å². The van der Waals surface area contributed by atoms with E-state index in [2.05, 4.69) is 15.9 Å². The molecule has 0 fully saturated rings. The van der Waals surface area contributed by atoms with Gasteiger partial charge in [-0.15, -0.1) is 11.8 Å². The predicted molar refractivity (Wildman–Crippen MR) is 76.7 cm³/mol. The maximum atomic E-state index is 12.9. The molecule has 0 bridgehead atoms. The minimum Gasteiger partial charge on any atom is -0.489 e. The van der Waals surface area contributed by atoms with Gasteiger partial charge in [-0.25, -0.2) is 4.39 Å². The zero-order valence-electron chi connectivity index (χ0n) is 9.82. The maximum absolute atomic E-state index is 12.9. The molecule has 94 valence electrons. The summed E-state index contributed by atoms with van der Waals surface area (Å²) in [4.78, 5) is 1.20. The Labute approximate surface area is 118 Å². The van der Waals surface area contributed by atoms with Crippen molar-refractivity contribution in [3.8, 4) is 5.75 Å². The molecule has 0 saturated heterocycles. The molecule has 0 radical (unpaired) electrons. The Kier molecular flexibility index (Phi) is 4.66. The molecule has 0 aliphatic rings. The van der Waals surface area contributed by atoms with Crippen LogP contribution in [0.15, 0.2) is 51.8 Å². The Bertz CT molecular complexity index is 528. The van der Waals surface area contributed by atoms with Gasteiger partial charge < -0.3 is 4.74 Å². The van der Waals surface area contributed by atoms with Crippen LogP contribution in [0.25, 0.3) is 0 Å². The number of ether oxygens (including phenoxy) is 1. The fourth-order valence-electron chi connectivity index (χ4n) is 1.47. The second kappa shape index (κ2) is 6.25. The van der Waals surface area contributed by atoms with Crippen molar-refractivity contribution in [1.82, 2.24) is 0 Å². The van der Waals surface area contributed by atoms with Crippen LogP contribution in [0.5, 0.6) is 5.75 Å². The third-order valence-corrected chi connectivity index (χ3v) is 3.95. The van der Waals surface area contributed by atoms with Gasteiger partial charge in [-0.05, 0) is 42.7 Å². The molecule has 0 aliphatic heterocycles. The molecule has 0 aliphatic carbocycles. The summed E-state index contributed by atoms with van der Waals surface area (Å²) < 4.78 is 19.3.